The lowest BCUT2D eigenvalue weighted by atomic mass is 9.95. The smallest absolute Gasteiger partial charge is 0.310 e. The lowest BCUT2D eigenvalue weighted by Gasteiger charge is -2.10. The molecule has 2 nitrogen and oxygen atoms in total. The number of esters is 1. The molecule has 0 saturated carbocycles. The van der Waals surface area contributed by atoms with Gasteiger partial charge in [0.1, 0.15) is 0 Å². The van der Waals surface area contributed by atoms with Crippen LogP contribution in [0.4, 0.5) is 0 Å². The van der Waals surface area contributed by atoms with E-state index < -0.39 is 0 Å². The van der Waals surface area contributed by atoms with Crippen molar-refractivity contribution in [1.82, 2.24) is 0 Å². The molecule has 0 aromatic heterocycles. The number of benzene rings is 3. The van der Waals surface area contributed by atoms with Gasteiger partial charge < -0.3 is 4.74 Å². The molecule has 0 aliphatic heterocycles. The van der Waals surface area contributed by atoms with Crippen LogP contribution in [0.5, 0.6) is 0 Å². The quantitative estimate of drug-likeness (QED) is 0.512. The number of carbonyl (C=O) groups excluding carboxylic acids is 1. The summed E-state index contributed by atoms with van der Waals surface area (Å²) in [5, 5.41) is 4.54. The zero-order valence-corrected chi connectivity index (χ0v) is 10.7. The standard InChI is InChI=1S/C17H14O2/c1-19-17(18)11-16-14-8-4-2-6-12(14)10-13-7-3-5-9-15(13)16/h2-10H,11H2,1H3. The number of ether oxygens (including phenoxy) is 1. The van der Waals surface area contributed by atoms with E-state index >= 15 is 0 Å². The number of hydrogen-bond acceptors (Lipinski definition) is 2. The van der Waals surface area contributed by atoms with Crippen LogP contribution in [0.1, 0.15) is 5.56 Å². The van der Waals surface area contributed by atoms with E-state index in [-0.39, 0.29) is 5.97 Å². The summed E-state index contributed by atoms with van der Waals surface area (Å²) < 4.78 is 4.81. The molecule has 0 amide bonds. The zero-order valence-electron chi connectivity index (χ0n) is 10.7. The van der Waals surface area contributed by atoms with Crippen LogP contribution in [0.25, 0.3) is 21.5 Å². The second-order valence-corrected chi connectivity index (χ2v) is 4.55. The van der Waals surface area contributed by atoms with Gasteiger partial charge in [0.15, 0.2) is 0 Å². The normalized spacial score (nSPS) is 10.8. The Kier molecular flexibility index (Phi) is 2.92. The maximum absolute atomic E-state index is 11.6. The van der Waals surface area contributed by atoms with E-state index in [1.807, 2.05) is 24.3 Å². The number of rotatable bonds is 2. The molecule has 0 aliphatic rings. The summed E-state index contributed by atoms with van der Waals surface area (Å²) in [6.07, 6.45) is 0.304. The fourth-order valence-electron chi connectivity index (χ4n) is 2.51. The van der Waals surface area contributed by atoms with Crippen molar-refractivity contribution in [3.63, 3.8) is 0 Å². The zero-order chi connectivity index (χ0) is 13.2. The van der Waals surface area contributed by atoms with Gasteiger partial charge in [0, 0.05) is 0 Å². The molecule has 0 radical (unpaired) electrons. The van der Waals surface area contributed by atoms with Gasteiger partial charge in [0.25, 0.3) is 0 Å². The highest BCUT2D eigenvalue weighted by Crippen LogP contribution is 2.28. The Bertz CT molecular complexity index is 705. The molecule has 0 fully saturated rings. The Morgan fingerprint density at radius 2 is 1.47 bits per heavy atom. The van der Waals surface area contributed by atoms with Gasteiger partial charge in [-0.25, -0.2) is 0 Å². The lowest BCUT2D eigenvalue weighted by molar-refractivity contribution is -0.139. The highest BCUT2D eigenvalue weighted by molar-refractivity contribution is 6.04. The lowest BCUT2D eigenvalue weighted by Crippen LogP contribution is -2.05. The predicted molar refractivity (Wildman–Crippen MR) is 77.2 cm³/mol. The monoisotopic (exact) mass is 250 g/mol. The highest BCUT2D eigenvalue weighted by atomic mass is 16.5. The fourth-order valence-corrected chi connectivity index (χ4v) is 2.51. The van der Waals surface area contributed by atoms with Crippen molar-refractivity contribution in [3.05, 3.63) is 60.2 Å². The van der Waals surface area contributed by atoms with Gasteiger partial charge in [-0.15, -0.1) is 0 Å². The molecule has 0 spiro atoms. The molecule has 3 rings (SSSR count). The first-order valence-electron chi connectivity index (χ1n) is 6.26. The van der Waals surface area contributed by atoms with Crippen LogP contribution >= 0.6 is 0 Å². The third-order valence-electron chi connectivity index (χ3n) is 3.43. The van der Waals surface area contributed by atoms with Gasteiger partial charge in [-0.1, -0.05) is 48.5 Å². The van der Waals surface area contributed by atoms with Crippen LogP contribution < -0.4 is 0 Å². The topological polar surface area (TPSA) is 26.3 Å². The molecule has 19 heavy (non-hydrogen) atoms. The van der Waals surface area contributed by atoms with Crippen molar-refractivity contribution >= 4 is 27.5 Å². The average Bonchev–Trinajstić information content (AvgIpc) is 2.46. The second kappa shape index (κ2) is 4.73. The molecule has 0 saturated heterocycles. The van der Waals surface area contributed by atoms with Gasteiger partial charge in [-0.3, -0.25) is 4.79 Å². The largest absolute Gasteiger partial charge is 0.469 e. The van der Waals surface area contributed by atoms with E-state index in [2.05, 4.69) is 30.3 Å². The fraction of sp³-hybridized carbons (Fsp3) is 0.118. The summed E-state index contributed by atoms with van der Waals surface area (Å²) in [7, 11) is 1.43. The van der Waals surface area contributed by atoms with Crippen LogP contribution in [0.2, 0.25) is 0 Å². The maximum Gasteiger partial charge on any atom is 0.310 e. The number of carbonyl (C=O) groups is 1. The average molecular weight is 250 g/mol. The van der Waals surface area contributed by atoms with E-state index in [1.165, 1.54) is 7.11 Å². The van der Waals surface area contributed by atoms with Gasteiger partial charge in [-0.05, 0) is 33.2 Å². The first-order chi connectivity index (χ1) is 9.29. The summed E-state index contributed by atoms with van der Waals surface area (Å²) in [4.78, 5) is 11.6. The minimum Gasteiger partial charge on any atom is -0.469 e. The van der Waals surface area contributed by atoms with Crippen molar-refractivity contribution in [2.45, 2.75) is 6.42 Å². The van der Waals surface area contributed by atoms with Crippen LogP contribution in [-0.2, 0) is 16.0 Å². The van der Waals surface area contributed by atoms with Crippen molar-refractivity contribution in [2.75, 3.05) is 7.11 Å². The minimum atomic E-state index is -0.207. The van der Waals surface area contributed by atoms with Gasteiger partial charge in [0.05, 0.1) is 13.5 Å². The van der Waals surface area contributed by atoms with Crippen molar-refractivity contribution in [3.8, 4) is 0 Å². The summed E-state index contributed by atoms with van der Waals surface area (Å²) in [5.74, 6) is -0.207. The summed E-state index contributed by atoms with van der Waals surface area (Å²) >= 11 is 0. The Hall–Kier alpha value is -2.35. The molecular weight excluding hydrogens is 236 g/mol. The minimum absolute atomic E-state index is 0.207. The van der Waals surface area contributed by atoms with Gasteiger partial charge >= 0.3 is 5.97 Å². The molecule has 3 aromatic carbocycles. The Morgan fingerprint density at radius 3 is 2.00 bits per heavy atom. The van der Waals surface area contributed by atoms with Crippen LogP contribution in [0.3, 0.4) is 0 Å². The molecule has 0 N–H and O–H groups in total. The Labute approximate surface area is 111 Å². The van der Waals surface area contributed by atoms with E-state index in [1.54, 1.807) is 0 Å². The first-order valence-corrected chi connectivity index (χ1v) is 6.26. The third-order valence-corrected chi connectivity index (χ3v) is 3.43. The van der Waals surface area contributed by atoms with Gasteiger partial charge in [0.2, 0.25) is 0 Å². The number of methoxy groups -OCH3 is 1. The summed E-state index contributed by atoms with van der Waals surface area (Å²) in [6, 6.07) is 18.4. The molecule has 0 bridgehead atoms. The molecule has 0 aliphatic carbocycles. The van der Waals surface area contributed by atoms with Crippen molar-refractivity contribution < 1.29 is 9.53 Å². The third kappa shape index (κ3) is 2.06. The number of fused-ring (bicyclic) bond motifs is 2. The summed E-state index contributed by atoms with van der Waals surface area (Å²) in [5.41, 5.74) is 1.04. The summed E-state index contributed by atoms with van der Waals surface area (Å²) in [6.45, 7) is 0. The van der Waals surface area contributed by atoms with E-state index in [0.29, 0.717) is 6.42 Å². The number of hydrogen-bond donors (Lipinski definition) is 0. The second-order valence-electron chi connectivity index (χ2n) is 4.55. The van der Waals surface area contributed by atoms with E-state index in [4.69, 9.17) is 4.74 Å². The molecule has 2 heteroatoms. The first kappa shape index (κ1) is 11.7. The van der Waals surface area contributed by atoms with Crippen LogP contribution in [0, 0.1) is 0 Å². The van der Waals surface area contributed by atoms with Gasteiger partial charge in [-0.2, -0.15) is 0 Å². The Balaban J connectivity index is 2.36. The Morgan fingerprint density at radius 1 is 0.947 bits per heavy atom. The molecule has 0 unspecified atom stereocenters. The SMILES string of the molecule is COC(=O)Cc1c2ccccc2cc2ccccc12. The van der Waals surface area contributed by atoms with Crippen molar-refractivity contribution in [2.24, 2.45) is 0 Å². The molecule has 94 valence electrons. The molecule has 3 aromatic rings. The highest BCUT2D eigenvalue weighted by Gasteiger charge is 2.11. The van der Waals surface area contributed by atoms with E-state index in [0.717, 1.165) is 27.1 Å². The van der Waals surface area contributed by atoms with Crippen LogP contribution in [-0.4, -0.2) is 13.1 Å². The van der Waals surface area contributed by atoms with Crippen LogP contribution in [0.15, 0.2) is 54.6 Å². The molecule has 0 atom stereocenters. The predicted octanol–water partition coefficient (Wildman–Crippen LogP) is 3.71. The van der Waals surface area contributed by atoms with Crippen molar-refractivity contribution in [1.29, 1.82) is 0 Å². The molecular formula is C17H14O2. The molecule has 0 heterocycles. The van der Waals surface area contributed by atoms with E-state index in [9.17, 15) is 4.79 Å². The maximum atomic E-state index is 11.6.